The standard InChI is InChI=1S/C58H92O25/c1-10-24(2)48(74)78-34-19-53(3,4)17-26-25-11-12-31-55(7)15-14-33(54(5,6)30(55)13-16-56(31,8)57(25,9)18-32(63)58(26,34)23-61)79-52-46(83-50-41(70)39(68)37(66)29(21-60)77-50)43(42(71)44(81-52)47(72)73)80-51-45(35(64)27(62)22-75-51)82-49-40(69)38(67)36(65)28(20-59)76-49/h10-11,26-46,49-52,59-71H,12-23H2,1-9H3,(H,72,73)/b24-10-/t26?,27-,28+,29+,30?,31?,32+,33-,34-,35-,36+,37-,38-,39-,40+,41+,42-,43-,44-,45+,46+,49-,50-,51-,52+,55-,56+,57+,58-/m0/s1. The Morgan fingerprint density at radius 2 is 1.23 bits per heavy atom. The van der Waals surface area contributed by atoms with Gasteiger partial charge >= 0.3 is 11.9 Å². The van der Waals surface area contributed by atoms with Gasteiger partial charge in [-0.05, 0) is 110 Å². The highest BCUT2D eigenvalue weighted by molar-refractivity contribution is 5.87. The van der Waals surface area contributed by atoms with E-state index in [4.69, 9.17) is 42.6 Å². The van der Waals surface area contributed by atoms with Gasteiger partial charge in [-0.3, -0.25) is 0 Å². The topological polar surface area (TPSA) is 400 Å². The van der Waals surface area contributed by atoms with Gasteiger partial charge in [-0.15, -0.1) is 0 Å². The molecular formula is C58H92O25. The number of hydrogen-bond donors (Lipinski definition) is 14. The van der Waals surface area contributed by atoms with Gasteiger partial charge in [0.1, 0.15) is 91.6 Å². The molecule has 0 aromatic rings. The van der Waals surface area contributed by atoms with Gasteiger partial charge in [-0.1, -0.05) is 66.2 Å². The summed E-state index contributed by atoms with van der Waals surface area (Å²) in [4.78, 5) is 26.6. The van der Waals surface area contributed by atoms with Crippen LogP contribution in [0.3, 0.4) is 0 Å². The zero-order chi connectivity index (χ0) is 61.0. The highest BCUT2D eigenvalue weighted by Crippen LogP contribution is 2.76. The number of aliphatic hydroxyl groups is 13. The summed E-state index contributed by atoms with van der Waals surface area (Å²) < 4.78 is 55.0. The lowest BCUT2D eigenvalue weighted by Crippen LogP contribution is -2.70. The second-order valence-electron chi connectivity index (χ2n) is 27.5. The van der Waals surface area contributed by atoms with Gasteiger partial charge < -0.3 is 114 Å². The first-order valence-electron chi connectivity index (χ1n) is 29.4. The molecule has 5 aliphatic carbocycles. The molecule has 25 heteroatoms. The van der Waals surface area contributed by atoms with Crippen LogP contribution in [0.2, 0.25) is 0 Å². The molecule has 4 saturated heterocycles. The number of carbonyl (C=O) groups is 2. The lowest BCUT2D eigenvalue weighted by atomic mass is 9.33. The molecule has 4 saturated carbocycles. The first-order valence-corrected chi connectivity index (χ1v) is 29.4. The van der Waals surface area contributed by atoms with E-state index in [1.165, 1.54) is 5.57 Å². The molecule has 0 amide bonds. The number of carboxylic acids is 1. The molecule has 0 aromatic heterocycles. The molecule has 3 unspecified atom stereocenters. The number of allylic oxidation sites excluding steroid dienone is 3. The number of hydrogen-bond acceptors (Lipinski definition) is 24. The molecule has 0 bridgehead atoms. The van der Waals surface area contributed by atoms with Gasteiger partial charge in [0.05, 0.1) is 44.1 Å². The Bertz CT molecular complexity index is 2380. The maximum absolute atomic E-state index is 13.4. The van der Waals surface area contributed by atoms with E-state index in [0.29, 0.717) is 50.5 Å². The highest BCUT2D eigenvalue weighted by Gasteiger charge is 2.72. The van der Waals surface area contributed by atoms with E-state index in [-0.39, 0.29) is 40.6 Å². The lowest BCUT2D eigenvalue weighted by molar-refractivity contribution is -0.401. The summed E-state index contributed by atoms with van der Waals surface area (Å²) in [5.41, 5.74) is -1.89. The Morgan fingerprint density at radius 3 is 1.80 bits per heavy atom. The van der Waals surface area contributed by atoms with Crippen molar-refractivity contribution in [3.05, 3.63) is 23.3 Å². The second-order valence-corrected chi connectivity index (χ2v) is 27.5. The predicted octanol–water partition coefficient (Wildman–Crippen LogP) is -1.37. The Labute approximate surface area is 483 Å². The van der Waals surface area contributed by atoms with Crippen LogP contribution < -0.4 is 0 Å². The van der Waals surface area contributed by atoms with Crippen molar-refractivity contribution in [2.24, 2.45) is 50.2 Å². The summed E-state index contributed by atoms with van der Waals surface area (Å²) in [6.07, 6.45) is -30.1. The van der Waals surface area contributed by atoms with E-state index in [9.17, 15) is 81.1 Å². The van der Waals surface area contributed by atoms with Crippen molar-refractivity contribution in [1.82, 2.24) is 0 Å². The summed E-state index contributed by atoms with van der Waals surface area (Å²) >= 11 is 0. The maximum atomic E-state index is 13.4. The molecule has 9 aliphatic rings. The lowest BCUT2D eigenvalue weighted by Gasteiger charge is -2.72. The van der Waals surface area contributed by atoms with Gasteiger partial charge in [0.2, 0.25) is 0 Å². The van der Waals surface area contributed by atoms with Crippen LogP contribution in [0.4, 0.5) is 0 Å². The van der Waals surface area contributed by atoms with Gasteiger partial charge in [-0.25, -0.2) is 9.59 Å². The van der Waals surface area contributed by atoms with Gasteiger partial charge in [0, 0.05) is 5.57 Å². The molecule has 14 N–H and O–H groups in total. The molecule has 0 spiro atoms. The molecule has 4 heterocycles. The molecule has 0 aromatic carbocycles. The summed E-state index contributed by atoms with van der Waals surface area (Å²) in [5.74, 6) is -2.49. The van der Waals surface area contributed by atoms with Crippen LogP contribution in [0.15, 0.2) is 23.3 Å². The average molecular weight is 1190 g/mol. The van der Waals surface area contributed by atoms with Crippen LogP contribution in [0.1, 0.15) is 114 Å². The van der Waals surface area contributed by atoms with Crippen LogP contribution >= 0.6 is 0 Å². The summed E-state index contributed by atoms with van der Waals surface area (Å²) in [6.45, 7) is 15.9. The molecule has 25 nitrogen and oxygen atoms in total. The van der Waals surface area contributed by atoms with Crippen LogP contribution in [-0.2, 0) is 52.2 Å². The number of aliphatic hydroxyl groups excluding tert-OH is 13. The van der Waals surface area contributed by atoms with Gasteiger partial charge in [0.15, 0.2) is 31.3 Å². The fourth-order valence-electron chi connectivity index (χ4n) is 17.1. The Kier molecular flexibility index (Phi) is 18.7. The average Bonchev–Trinajstić information content (AvgIpc) is 0.747. The first kappa shape index (κ1) is 65.0. The van der Waals surface area contributed by atoms with E-state index in [0.717, 1.165) is 6.42 Å². The van der Waals surface area contributed by atoms with E-state index >= 15 is 0 Å². The molecule has 4 aliphatic heterocycles. The molecular weight excluding hydrogens is 1100 g/mol. The number of carboxylic acid groups (broad SMARTS) is 1. The summed E-state index contributed by atoms with van der Waals surface area (Å²) in [6, 6.07) is 0. The number of aliphatic carboxylic acids is 1. The van der Waals surface area contributed by atoms with E-state index < -0.39 is 183 Å². The first-order chi connectivity index (χ1) is 38.8. The fourth-order valence-corrected chi connectivity index (χ4v) is 17.1. The van der Waals surface area contributed by atoms with Crippen molar-refractivity contribution in [3.63, 3.8) is 0 Å². The third kappa shape index (κ3) is 10.8. The van der Waals surface area contributed by atoms with Crippen LogP contribution in [-0.4, -0.2) is 245 Å². The van der Waals surface area contributed by atoms with Crippen molar-refractivity contribution in [1.29, 1.82) is 0 Å². The molecule has 474 valence electrons. The molecule has 9 rings (SSSR count). The minimum Gasteiger partial charge on any atom is -0.479 e. The normalized spacial score (nSPS) is 51.5. The fraction of sp³-hybridized carbons (Fsp3) is 0.897. The van der Waals surface area contributed by atoms with Crippen molar-refractivity contribution >= 4 is 11.9 Å². The largest absolute Gasteiger partial charge is 0.479 e. The van der Waals surface area contributed by atoms with Crippen molar-refractivity contribution < 1.29 is 124 Å². The molecule has 29 atom stereocenters. The van der Waals surface area contributed by atoms with Crippen LogP contribution in [0, 0.1) is 50.2 Å². The number of fused-ring (bicyclic) bond motifs is 7. The number of carbonyl (C=O) groups excluding carboxylic acids is 1. The SMILES string of the molecule is C/C=C(/C)C(=O)O[C@H]1CC(C)(C)CC2C3=CCC4[C@@]5(C)CC[C@H](O[C@@H]6O[C@H](C(=O)O)[C@@H](O)[C@H](O[C@@H]7OC[C@H](O)[C@H](O)[C@H]7O[C@@H]7O[C@H](CO)[C@@H](O)[C@H](O)[C@H]7O)[C@H]6O[C@@H]6O[C@H](CO)[C@H](O)[C@H](O)[C@H]6O)C(C)(C)C5CC[C@@]4(C)[C@]3(C)C[C@@H](O)[C@]21CO. The quantitative estimate of drug-likeness (QED) is 0.0413. The van der Waals surface area contributed by atoms with E-state index in [1.807, 2.05) is 13.8 Å². The van der Waals surface area contributed by atoms with Crippen LogP contribution in [0.5, 0.6) is 0 Å². The van der Waals surface area contributed by atoms with E-state index in [1.54, 1.807) is 19.9 Å². The Balaban J connectivity index is 1.03. The summed E-state index contributed by atoms with van der Waals surface area (Å²) in [5, 5.41) is 154. The number of ether oxygens (including phenoxy) is 9. The zero-order valence-corrected chi connectivity index (χ0v) is 48.8. The highest BCUT2D eigenvalue weighted by atomic mass is 16.8. The van der Waals surface area contributed by atoms with E-state index in [2.05, 4.69) is 40.7 Å². The molecule has 0 radical (unpaired) electrons. The Morgan fingerprint density at radius 1 is 0.639 bits per heavy atom. The van der Waals surface area contributed by atoms with Gasteiger partial charge in [-0.2, -0.15) is 0 Å². The van der Waals surface area contributed by atoms with Gasteiger partial charge in [0.25, 0.3) is 0 Å². The predicted molar refractivity (Wildman–Crippen MR) is 283 cm³/mol. The monoisotopic (exact) mass is 1190 g/mol. The summed E-state index contributed by atoms with van der Waals surface area (Å²) in [7, 11) is 0. The minimum absolute atomic E-state index is 0.0548. The van der Waals surface area contributed by atoms with Crippen molar-refractivity contribution in [3.8, 4) is 0 Å². The maximum Gasteiger partial charge on any atom is 0.335 e. The molecule has 8 fully saturated rings. The second kappa shape index (κ2) is 23.8. The minimum atomic E-state index is -2.23. The number of rotatable bonds is 14. The van der Waals surface area contributed by atoms with Crippen molar-refractivity contribution in [2.45, 2.75) is 249 Å². The smallest absolute Gasteiger partial charge is 0.335 e. The Hall–Kier alpha value is -2.42. The molecule has 83 heavy (non-hydrogen) atoms. The third-order valence-electron chi connectivity index (χ3n) is 22.1. The zero-order valence-electron chi connectivity index (χ0n) is 48.8. The van der Waals surface area contributed by atoms with Crippen molar-refractivity contribution in [2.75, 3.05) is 26.4 Å². The third-order valence-corrected chi connectivity index (χ3v) is 22.1. The van der Waals surface area contributed by atoms with Crippen LogP contribution in [0.25, 0.3) is 0 Å². The number of esters is 1.